The average molecular weight is 393 g/mol. The van der Waals surface area contributed by atoms with Gasteiger partial charge in [0.15, 0.2) is 0 Å². The zero-order valence-electron chi connectivity index (χ0n) is 11.2. The van der Waals surface area contributed by atoms with Crippen LogP contribution in [0.1, 0.15) is 0 Å². The van der Waals surface area contributed by atoms with E-state index in [1.165, 1.54) is 0 Å². The van der Waals surface area contributed by atoms with Crippen molar-refractivity contribution in [2.24, 2.45) is 0 Å². The summed E-state index contributed by atoms with van der Waals surface area (Å²) in [6.07, 6.45) is 3.46. The Hall–Kier alpha value is -2.23. The van der Waals surface area contributed by atoms with Gasteiger partial charge >= 0.3 is 0 Å². The molecule has 0 aliphatic rings. The van der Waals surface area contributed by atoms with E-state index in [0.29, 0.717) is 17.8 Å². The molecule has 0 radical (unpaired) electrons. The molecule has 7 nitrogen and oxygen atoms in total. The van der Waals surface area contributed by atoms with Crippen molar-refractivity contribution in [2.75, 3.05) is 17.7 Å². The van der Waals surface area contributed by atoms with Crippen molar-refractivity contribution in [3.8, 4) is 5.95 Å². The standard InChI is InChI=1S/C13H12IN7/c1-15-11-18-12(17-10-5-2-4-9(14)8-10)20-13(19-11)21-7-3-6-16-21/h2-8H,1H3,(H2,15,17,18,19,20). The minimum atomic E-state index is 0.451. The molecule has 0 unspecified atom stereocenters. The lowest BCUT2D eigenvalue weighted by Gasteiger charge is -2.08. The highest BCUT2D eigenvalue weighted by atomic mass is 127. The normalized spacial score (nSPS) is 10.4. The third-order valence-electron chi connectivity index (χ3n) is 2.64. The van der Waals surface area contributed by atoms with Gasteiger partial charge in [0.1, 0.15) is 0 Å². The van der Waals surface area contributed by atoms with Gasteiger partial charge in [-0.25, -0.2) is 4.68 Å². The first kappa shape index (κ1) is 13.7. The number of nitrogens with zero attached hydrogens (tertiary/aromatic N) is 5. The fourth-order valence-electron chi connectivity index (χ4n) is 1.72. The first-order valence-electron chi connectivity index (χ1n) is 6.21. The van der Waals surface area contributed by atoms with Crippen molar-refractivity contribution in [3.05, 3.63) is 46.3 Å². The molecule has 2 heterocycles. The molecule has 21 heavy (non-hydrogen) atoms. The van der Waals surface area contributed by atoms with Gasteiger partial charge < -0.3 is 10.6 Å². The molecule has 0 amide bonds. The Morgan fingerprint density at radius 1 is 1.10 bits per heavy atom. The SMILES string of the molecule is CNc1nc(Nc2cccc(I)c2)nc(-n2cccn2)n1. The number of nitrogens with one attached hydrogen (secondary N) is 2. The van der Waals surface area contributed by atoms with Crippen molar-refractivity contribution in [1.29, 1.82) is 0 Å². The van der Waals surface area contributed by atoms with Crippen molar-refractivity contribution in [3.63, 3.8) is 0 Å². The van der Waals surface area contributed by atoms with Gasteiger partial charge in [-0.3, -0.25) is 0 Å². The monoisotopic (exact) mass is 393 g/mol. The topological polar surface area (TPSA) is 80.5 Å². The molecule has 0 atom stereocenters. The van der Waals surface area contributed by atoms with Crippen molar-refractivity contribution in [2.45, 2.75) is 0 Å². The van der Waals surface area contributed by atoms with Crippen LogP contribution in [0.5, 0.6) is 0 Å². The lowest BCUT2D eigenvalue weighted by molar-refractivity contribution is 0.800. The van der Waals surface area contributed by atoms with Crippen molar-refractivity contribution in [1.82, 2.24) is 24.7 Å². The minimum Gasteiger partial charge on any atom is -0.357 e. The molecule has 0 aliphatic carbocycles. The summed E-state index contributed by atoms with van der Waals surface area (Å²) >= 11 is 2.26. The van der Waals surface area contributed by atoms with E-state index in [1.54, 1.807) is 24.1 Å². The Balaban J connectivity index is 1.96. The Morgan fingerprint density at radius 3 is 2.67 bits per heavy atom. The van der Waals surface area contributed by atoms with Crippen LogP contribution in [0.2, 0.25) is 0 Å². The third kappa shape index (κ3) is 3.27. The molecule has 0 saturated heterocycles. The molecular formula is C13H12IN7. The van der Waals surface area contributed by atoms with Gasteiger partial charge in [0.25, 0.3) is 5.95 Å². The first-order valence-corrected chi connectivity index (χ1v) is 7.29. The Bertz CT molecular complexity index is 742. The number of halogens is 1. The summed E-state index contributed by atoms with van der Waals surface area (Å²) in [4.78, 5) is 13.0. The van der Waals surface area contributed by atoms with Crippen molar-refractivity contribution < 1.29 is 0 Å². The van der Waals surface area contributed by atoms with Gasteiger partial charge in [-0.1, -0.05) is 6.07 Å². The van der Waals surface area contributed by atoms with Crippen molar-refractivity contribution >= 4 is 40.2 Å². The van der Waals surface area contributed by atoms with Gasteiger partial charge in [0, 0.05) is 28.7 Å². The van der Waals surface area contributed by atoms with Crippen LogP contribution < -0.4 is 10.6 Å². The van der Waals surface area contributed by atoms with E-state index in [2.05, 4.69) is 53.3 Å². The summed E-state index contributed by atoms with van der Waals surface area (Å²) in [6, 6.07) is 9.77. The van der Waals surface area contributed by atoms with Crippen LogP contribution in [0.3, 0.4) is 0 Å². The van der Waals surface area contributed by atoms with E-state index in [9.17, 15) is 0 Å². The minimum absolute atomic E-state index is 0.451. The molecule has 3 rings (SSSR count). The molecule has 2 N–H and O–H groups in total. The predicted octanol–water partition coefficient (Wildman–Crippen LogP) is 2.45. The maximum absolute atomic E-state index is 4.37. The van der Waals surface area contributed by atoms with E-state index in [4.69, 9.17) is 0 Å². The number of hydrogen-bond acceptors (Lipinski definition) is 6. The number of aromatic nitrogens is 5. The summed E-state index contributed by atoms with van der Waals surface area (Å²) in [7, 11) is 1.76. The van der Waals surface area contributed by atoms with E-state index >= 15 is 0 Å². The summed E-state index contributed by atoms with van der Waals surface area (Å²) < 4.78 is 2.72. The Morgan fingerprint density at radius 2 is 1.95 bits per heavy atom. The van der Waals surface area contributed by atoms with Crippen LogP contribution >= 0.6 is 22.6 Å². The lowest BCUT2D eigenvalue weighted by atomic mass is 10.3. The fourth-order valence-corrected chi connectivity index (χ4v) is 2.26. The average Bonchev–Trinajstić information content (AvgIpc) is 3.01. The predicted molar refractivity (Wildman–Crippen MR) is 88.9 cm³/mol. The second-order valence-corrected chi connectivity index (χ2v) is 5.36. The van der Waals surface area contributed by atoms with E-state index < -0.39 is 0 Å². The smallest absolute Gasteiger partial charge is 0.257 e. The summed E-state index contributed by atoms with van der Waals surface area (Å²) in [5.74, 6) is 1.39. The van der Waals surface area contributed by atoms with Gasteiger partial charge in [-0.05, 0) is 46.9 Å². The zero-order valence-corrected chi connectivity index (χ0v) is 13.3. The number of hydrogen-bond donors (Lipinski definition) is 2. The van der Waals surface area contributed by atoms with Crippen LogP contribution in [0.25, 0.3) is 5.95 Å². The van der Waals surface area contributed by atoms with Gasteiger partial charge in [-0.2, -0.15) is 20.1 Å². The molecule has 0 bridgehead atoms. The van der Waals surface area contributed by atoms with Crippen LogP contribution in [0.15, 0.2) is 42.7 Å². The number of anilines is 3. The van der Waals surface area contributed by atoms with Gasteiger partial charge in [-0.15, -0.1) is 0 Å². The van der Waals surface area contributed by atoms with Crippen LogP contribution in [-0.4, -0.2) is 31.8 Å². The highest BCUT2D eigenvalue weighted by Gasteiger charge is 2.08. The molecule has 8 heteroatoms. The van der Waals surface area contributed by atoms with E-state index in [0.717, 1.165) is 9.26 Å². The van der Waals surface area contributed by atoms with Crippen LogP contribution in [0, 0.1) is 3.57 Å². The van der Waals surface area contributed by atoms with E-state index in [-0.39, 0.29) is 0 Å². The Labute approximate surface area is 135 Å². The first-order chi connectivity index (χ1) is 10.2. The molecule has 0 fully saturated rings. The lowest BCUT2D eigenvalue weighted by Crippen LogP contribution is -2.09. The maximum Gasteiger partial charge on any atom is 0.257 e. The van der Waals surface area contributed by atoms with Crippen LogP contribution in [0.4, 0.5) is 17.6 Å². The molecule has 0 aliphatic heterocycles. The second kappa shape index (κ2) is 6.04. The highest BCUT2D eigenvalue weighted by Crippen LogP contribution is 2.17. The quantitative estimate of drug-likeness (QED) is 0.663. The molecule has 0 saturated carbocycles. The largest absolute Gasteiger partial charge is 0.357 e. The maximum atomic E-state index is 4.37. The molecular weight excluding hydrogens is 381 g/mol. The molecule has 106 valence electrons. The second-order valence-electron chi connectivity index (χ2n) is 4.12. The third-order valence-corrected chi connectivity index (χ3v) is 3.31. The van der Waals surface area contributed by atoms with Gasteiger partial charge in [0.05, 0.1) is 0 Å². The Kier molecular flexibility index (Phi) is 3.95. The molecule has 0 spiro atoms. The van der Waals surface area contributed by atoms with Crippen LogP contribution in [-0.2, 0) is 0 Å². The van der Waals surface area contributed by atoms with Gasteiger partial charge in [0.2, 0.25) is 11.9 Å². The summed E-state index contributed by atoms with van der Waals surface area (Å²) in [5.41, 5.74) is 0.918. The highest BCUT2D eigenvalue weighted by molar-refractivity contribution is 14.1. The zero-order chi connectivity index (χ0) is 14.7. The fraction of sp³-hybridized carbons (Fsp3) is 0.0769. The number of benzene rings is 1. The molecule has 1 aromatic carbocycles. The number of rotatable bonds is 4. The van der Waals surface area contributed by atoms with E-state index in [1.807, 2.05) is 30.3 Å². The summed E-state index contributed by atoms with van der Waals surface area (Å²) in [5, 5.41) is 10.2. The molecule has 2 aromatic heterocycles. The molecule has 3 aromatic rings. The summed E-state index contributed by atoms with van der Waals surface area (Å²) in [6.45, 7) is 0.